The second-order valence-corrected chi connectivity index (χ2v) is 6.94. The van der Waals surface area contributed by atoms with Crippen molar-refractivity contribution in [1.29, 1.82) is 0 Å². The summed E-state index contributed by atoms with van der Waals surface area (Å²) in [6.07, 6.45) is 5.39. The number of carbonyl (C=O) groups is 1. The van der Waals surface area contributed by atoms with Crippen molar-refractivity contribution in [3.8, 4) is 5.75 Å². The van der Waals surface area contributed by atoms with Gasteiger partial charge in [-0.2, -0.15) is 0 Å². The van der Waals surface area contributed by atoms with E-state index in [9.17, 15) is 4.79 Å². The quantitative estimate of drug-likeness (QED) is 0.534. The molecule has 0 aliphatic carbocycles. The van der Waals surface area contributed by atoms with Crippen LogP contribution < -0.4 is 10.1 Å². The van der Waals surface area contributed by atoms with E-state index in [1.165, 1.54) is 0 Å². The lowest BCUT2D eigenvalue weighted by Crippen LogP contribution is -2.14. The van der Waals surface area contributed by atoms with Gasteiger partial charge in [0.25, 0.3) is 5.91 Å². The predicted molar refractivity (Wildman–Crippen MR) is 113 cm³/mol. The normalized spacial score (nSPS) is 10.8. The van der Waals surface area contributed by atoms with Gasteiger partial charge >= 0.3 is 0 Å². The van der Waals surface area contributed by atoms with Gasteiger partial charge in [0.15, 0.2) is 0 Å². The van der Waals surface area contributed by atoms with Crippen LogP contribution in [-0.4, -0.2) is 27.0 Å². The van der Waals surface area contributed by atoms with Gasteiger partial charge < -0.3 is 14.6 Å². The number of hydrogen-bond donors (Lipinski definition) is 1. The molecule has 0 spiro atoms. The van der Waals surface area contributed by atoms with E-state index in [0.717, 1.165) is 28.8 Å². The van der Waals surface area contributed by atoms with Crippen LogP contribution in [0.2, 0.25) is 0 Å². The SMILES string of the molecule is Cc1ccc2cc(C(=O)Nc3ccc(OCCn4ccnc4)cc3)c(C)nc2c1. The number of imidazole rings is 1. The van der Waals surface area contributed by atoms with Crippen molar-refractivity contribution >= 4 is 22.5 Å². The molecule has 2 heterocycles. The molecule has 0 aliphatic heterocycles. The summed E-state index contributed by atoms with van der Waals surface area (Å²) in [6, 6.07) is 15.3. The molecule has 0 atom stereocenters. The molecule has 0 saturated carbocycles. The van der Waals surface area contributed by atoms with Gasteiger partial charge in [-0.3, -0.25) is 9.78 Å². The minimum absolute atomic E-state index is 0.175. The smallest absolute Gasteiger partial charge is 0.257 e. The van der Waals surface area contributed by atoms with Gasteiger partial charge in [0.05, 0.1) is 29.6 Å². The zero-order valence-corrected chi connectivity index (χ0v) is 16.4. The van der Waals surface area contributed by atoms with Crippen molar-refractivity contribution in [2.24, 2.45) is 0 Å². The van der Waals surface area contributed by atoms with E-state index < -0.39 is 0 Å². The van der Waals surface area contributed by atoms with E-state index in [-0.39, 0.29) is 5.91 Å². The first-order chi connectivity index (χ1) is 14.1. The van der Waals surface area contributed by atoms with E-state index >= 15 is 0 Å². The number of ether oxygens (including phenoxy) is 1. The molecule has 4 rings (SSSR count). The average Bonchev–Trinajstić information content (AvgIpc) is 3.22. The second-order valence-electron chi connectivity index (χ2n) is 6.94. The minimum atomic E-state index is -0.175. The third-order valence-corrected chi connectivity index (χ3v) is 4.70. The van der Waals surface area contributed by atoms with Gasteiger partial charge in [0, 0.05) is 23.5 Å². The number of benzene rings is 2. The Kier molecular flexibility index (Phi) is 5.24. The molecule has 0 saturated heterocycles. The Labute approximate surface area is 169 Å². The summed E-state index contributed by atoms with van der Waals surface area (Å²) < 4.78 is 7.68. The number of nitrogens with one attached hydrogen (secondary N) is 1. The molecule has 146 valence electrons. The molecule has 0 unspecified atom stereocenters. The Morgan fingerprint density at radius 2 is 1.93 bits per heavy atom. The minimum Gasteiger partial charge on any atom is -0.492 e. The van der Waals surface area contributed by atoms with Gasteiger partial charge in [-0.15, -0.1) is 0 Å². The standard InChI is InChI=1S/C23H22N4O2/c1-16-3-4-18-14-21(17(2)25-22(18)13-16)23(28)26-19-5-7-20(8-6-19)29-12-11-27-10-9-24-15-27/h3-10,13-15H,11-12H2,1-2H3,(H,26,28). The van der Waals surface area contributed by atoms with Crippen LogP contribution in [-0.2, 0) is 6.54 Å². The number of hydrogen-bond acceptors (Lipinski definition) is 4. The number of nitrogens with zero attached hydrogens (tertiary/aromatic N) is 3. The van der Waals surface area contributed by atoms with E-state index in [4.69, 9.17) is 4.74 Å². The van der Waals surface area contributed by atoms with Crippen molar-refractivity contribution < 1.29 is 9.53 Å². The lowest BCUT2D eigenvalue weighted by molar-refractivity contribution is 0.102. The Morgan fingerprint density at radius 1 is 1.10 bits per heavy atom. The van der Waals surface area contributed by atoms with Crippen LogP contribution in [0.3, 0.4) is 0 Å². The zero-order valence-electron chi connectivity index (χ0n) is 16.4. The molecule has 0 radical (unpaired) electrons. The van der Waals surface area contributed by atoms with Crippen LogP contribution in [0.15, 0.2) is 67.3 Å². The van der Waals surface area contributed by atoms with Crippen molar-refractivity contribution in [3.05, 3.63) is 84.1 Å². The molecule has 0 fully saturated rings. The van der Waals surface area contributed by atoms with Crippen molar-refractivity contribution in [1.82, 2.24) is 14.5 Å². The lowest BCUT2D eigenvalue weighted by Gasteiger charge is -2.10. The highest BCUT2D eigenvalue weighted by molar-refractivity contribution is 6.06. The van der Waals surface area contributed by atoms with Gasteiger partial charge in [-0.05, 0) is 55.8 Å². The van der Waals surface area contributed by atoms with Crippen LogP contribution >= 0.6 is 0 Å². The molecule has 6 nitrogen and oxygen atoms in total. The number of carbonyl (C=O) groups excluding carboxylic acids is 1. The Bertz CT molecular complexity index is 1140. The third-order valence-electron chi connectivity index (χ3n) is 4.70. The highest BCUT2D eigenvalue weighted by atomic mass is 16.5. The van der Waals surface area contributed by atoms with Gasteiger partial charge in [0.1, 0.15) is 12.4 Å². The maximum absolute atomic E-state index is 12.7. The first kappa shape index (κ1) is 18.7. The van der Waals surface area contributed by atoms with E-state index in [2.05, 4.69) is 15.3 Å². The second kappa shape index (κ2) is 8.14. The number of fused-ring (bicyclic) bond motifs is 1. The number of anilines is 1. The van der Waals surface area contributed by atoms with Crippen LogP contribution in [0.4, 0.5) is 5.69 Å². The summed E-state index contributed by atoms with van der Waals surface area (Å²) in [7, 11) is 0. The van der Waals surface area contributed by atoms with Crippen molar-refractivity contribution in [3.63, 3.8) is 0 Å². The number of rotatable bonds is 6. The van der Waals surface area contributed by atoms with Gasteiger partial charge in [-0.1, -0.05) is 12.1 Å². The molecular formula is C23H22N4O2. The van der Waals surface area contributed by atoms with Crippen molar-refractivity contribution in [2.45, 2.75) is 20.4 Å². The maximum Gasteiger partial charge on any atom is 0.257 e. The monoisotopic (exact) mass is 386 g/mol. The Balaban J connectivity index is 1.41. The molecule has 0 aliphatic rings. The molecule has 0 bridgehead atoms. The molecule has 2 aromatic carbocycles. The van der Waals surface area contributed by atoms with Crippen LogP contribution in [0.1, 0.15) is 21.6 Å². The maximum atomic E-state index is 12.7. The molecule has 6 heteroatoms. The van der Waals surface area contributed by atoms with E-state index in [0.29, 0.717) is 23.6 Å². The van der Waals surface area contributed by atoms with E-state index in [1.807, 2.05) is 73.1 Å². The summed E-state index contributed by atoms with van der Waals surface area (Å²) in [6.45, 7) is 5.16. The number of pyridine rings is 1. The third kappa shape index (κ3) is 4.43. The fraction of sp³-hybridized carbons (Fsp3) is 0.174. The van der Waals surface area contributed by atoms with Crippen LogP contribution in [0, 0.1) is 13.8 Å². The highest BCUT2D eigenvalue weighted by Gasteiger charge is 2.12. The molecule has 1 amide bonds. The molecule has 1 N–H and O–H groups in total. The number of aryl methyl sites for hydroxylation is 2. The summed E-state index contributed by atoms with van der Waals surface area (Å²) in [5.41, 5.74) is 4.03. The van der Waals surface area contributed by atoms with Crippen molar-refractivity contribution in [2.75, 3.05) is 11.9 Å². The predicted octanol–water partition coefficient (Wildman–Crippen LogP) is 4.38. The zero-order chi connectivity index (χ0) is 20.2. The van der Waals surface area contributed by atoms with E-state index in [1.54, 1.807) is 12.5 Å². The fourth-order valence-electron chi connectivity index (χ4n) is 3.12. The van der Waals surface area contributed by atoms with Gasteiger partial charge in [0.2, 0.25) is 0 Å². The Hall–Kier alpha value is -3.67. The topological polar surface area (TPSA) is 69.0 Å². The molecule has 2 aromatic heterocycles. The first-order valence-corrected chi connectivity index (χ1v) is 9.46. The highest BCUT2D eigenvalue weighted by Crippen LogP contribution is 2.20. The average molecular weight is 386 g/mol. The van der Waals surface area contributed by atoms with Gasteiger partial charge in [-0.25, -0.2) is 4.98 Å². The summed E-state index contributed by atoms with van der Waals surface area (Å²) in [5, 5.41) is 3.89. The first-order valence-electron chi connectivity index (χ1n) is 9.46. The van der Waals surface area contributed by atoms with Crippen LogP contribution in [0.25, 0.3) is 10.9 Å². The van der Waals surface area contributed by atoms with Crippen LogP contribution in [0.5, 0.6) is 5.75 Å². The molecule has 4 aromatic rings. The summed E-state index contributed by atoms with van der Waals surface area (Å²) in [4.78, 5) is 21.3. The Morgan fingerprint density at radius 3 is 2.69 bits per heavy atom. The lowest BCUT2D eigenvalue weighted by atomic mass is 10.1. The number of amides is 1. The largest absolute Gasteiger partial charge is 0.492 e. The molecular weight excluding hydrogens is 364 g/mol. The summed E-state index contributed by atoms with van der Waals surface area (Å²) >= 11 is 0. The molecule has 29 heavy (non-hydrogen) atoms. The summed E-state index contributed by atoms with van der Waals surface area (Å²) in [5.74, 6) is 0.577. The number of aromatic nitrogens is 3. The fourth-order valence-corrected chi connectivity index (χ4v) is 3.12.